The second-order valence-corrected chi connectivity index (χ2v) is 8.79. The normalized spacial score (nSPS) is 17.1. The van der Waals surface area contributed by atoms with Gasteiger partial charge in [0.2, 0.25) is 0 Å². The van der Waals surface area contributed by atoms with E-state index >= 15 is 0 Å². The molecule has 168 valence electrons. The maximum Gasteiger partial charge on any atom is 0.145 e. The van der Waals surface area contributed by atoms with Gasteiger partial charge in [0.05, 0.1) is 18.4 Å². The summed E-state index contributed by atoms with van der Waals surface area (Å²) in [5.74, 6) is 0.106. The number of hydrogen-bond acceptors (Lipinski definition) is 5. The van der Waals surface area contributed by atoms with Gasteiger partial charge in [-0.2, -0.15) is 0 Å². The summed E-state index contributed by atoms with van der Waals surface area (Å²) in [4.78, 5) is 7.70. The summed E-state index contributed by atoms with van der Waals surface area (Å²) in [6.07, 6.45) is -0.351. The Hall–Kier alpha value is -1.99. The molecule has 1 aliphatic heterocycles. The van der Waals surface area contributed by atoms with E-state index in [-0.39, 0.29) is 18.5 Å². The molecule has 0 saturated heterocycles. The number of halogens is 2. The molecule has 0 amide bonds. The van der Waals surface area contributed by atoms with Crippen molar-refractivity contribution < 1.29 is 19.1 Å². The van der Waals surface area contributed by atoms with Crippen molar-refractivity contribution in [3.05, 3.63) is 70.5 Å². The van der Waals surface area contributed by atoms with Gasteiger partial charge in [-0.05, 0) is 29.7 Å². The number of ether oxygens (including phenoxy) is 1. The first-order chi connectivity index (χ1) is 14.9. The summed E-state index contributed by atoms with van der Waals surface area (Å²) in [6, 6.07) is 14.2. The SMILES string of the molecule is CC(C)COC[C@H](O)CN(Cc1cccc(Cl)c1)C[C@H]1CC(c2ccccc2F)=NO1. The fourth-order valence-corrected chi connectivity index (χ4v) is 3.77. The third kappa shape index (κ3) is 7.58. The molecule has 2 aromatic rings. The van der Waals surface area contributed by atoms with E-state index in [1.54, 1.807) is 18.2 Å². The Labute approximate surface area is 188 Å². The van der Waals surface area contributed by atoms with Gasteiger partial charge in [0.1, 0.15) is 11.9 Å². The molecular weight excluding hydrogens is 419 g/mol. The summed E-state index contributed by atoms with van der Waals surface area (Å²) in [5.41, 5.74) is 2.11. The van der Waals surface area contributed by atoms with Gasteiger partial charge in [-0.15, -0.1) is 0 Å². The molecule has 0 bridgehead atoms. The number of nitrogens with zero attached hydrogens (tertiary/aromatic N) is 2. The van der Waals surface area contributed by atoms with Gasteiger partial charge in [0.25, 0.3) is 0 Å². The molecule has 7 heteroatoms. The molecule has 0 aromatic heterocycles. The average molecular weight is 449 g/mol. The van der Waals surface area contributed by atoms with E-state index in [9.17, 15) is 9.50 Å². The number of hydrogen-bond donors (Lipinski definition) is 1. The van der Waals surface area contributed by atoms with Crippen molar-refractivity contribution >= 4 is 17.3 Å². The van der Waals surface area contributed by atoms with Crippen LogP contribution in [0.25, 0.3) is 0 Å². The molecule has 3 rings (SSSR count). The lowest BCUT2D eigenvalue weighted by Gasteiger charge is -2.27. The molecule has 2 atom stereocenters. The minimum absolute atomic E-state index is 0.224. The van der Waals surface area contributed by atoms with Crippen LogP contribution in [-0.4, -0.2) is 54.2 Å². The maximum absolute atomic E-state index is 14.1. The molecule has 0 unspecified atom stereocenters. The van der Waals surface area contributed by atoms with Gasteiger partial charge in [-0.25, -0.2) is 4.39 Å². The van der Waals surface area contributed by atoms with Crippen LogP contribution in [0.5, 0.6) is 0 Å². The van der Waals surface area contributed by atoms with Crippen LogP contribution in [0.1, 0.15) is 31.4 Å². The quantitative estimate of drug-likeness (QED) is 0.549. The highest BCUT2D eigenvalue weighted by Gasteiger charge is 2.27. The largest absolute Gasteiger partial charge is 0.390 e. The average Bonchev–Trinajstić information content (AvgIpc) is 3.16. The Bertz CT molecular complexity index is 877. The predicted octanol–water partition coefficient (Wildman–Crippen LogP) is 4.51. The van der Waals surface area contributed by atoms with Crippen LogP contribution in [0.2, 0.25) is 5.02 Å². The minimum Gasteiger partial charge on any atom is -0.390 e. The standard InChI is InChI=1S/C24H30ClFN2O3/c1-17(2)15-30-16-20(29)13-28(12-18-6-5-7-19(25)10-18)14-21-11-24(27-31-21)22-8-3-4-9-23(22)26/h3-10,17,20-21,29H,11-16H2,1-2H3/t20-,21-/m1/s1. The van der Waals surface area contributed by atoms with Gasteiger partial charge >= 0.3 is 0 Å². The fourth-order valence-electron chi connectivity index (χ4n) is 3.56. The van der Waals surface area contributed by atoms with Crippen LogP contribution < -0.4 is 0 Å². The molecule has 5 nitrogen and oxygen atoms in total. The molecule has 2 aromatic carbocycles. The monoisotopic (exact) mass is 448 g/mol. The van der Waals surface area contributed by atoms with Crippen molar-refractivity contribution in [1.82, 2.24) is 4.90 Å². The topological polar surface area (TPSA) is 54.3 Å². The van der Waals surface area contributed by atoms with Crippen LogP contribution >= 0.6 is 11.6 Å². The molecule has 0 saturated carbocycles. The highest BCUT2D eigenvalue weighted by atomic mass is 35.5. The predicted molar refractivity (Wildman–Crippen MR) is 121 cm³/mol. The first-order valence-electron chi connectivity index (χ1n) is 10.6. The first-order valence-corrected chi connectivity index (χ1v) is 11.0. The third-order valence-corrected chi connectivity index (χ3v) is 5.14. The number of benzene rings is 2. The Morgan fingerprint density at radius 2 is 2.03 bits per heavy atom. The van der Waals surface area contributed by atoms with Gasteiger partial charge < -0.3 is 14.7 Å². The van der Waals surface area contributed by atoms with Gasteiger partial charge in [0, 0.05) is 43.2 Å². The highest BCUT2D eigenvalue weighted by Crippen LogP contribution is 2.21. The number of rotatable bonds is 11. The van der Waals surface area contributed by atoms with Gasteiger partial charge in [-0.3, -0.25) is 4.90 Å². The Morgan fingerprint density at radius 3 is 2.77 bits per heavy atom. The fraction of sp³-hybridized carbons (Fsp3) is 0.458. The molecule has 0 fully saturated rings. The van der Waals surface area contributed by atoms with Crippen molar-refractivity contribution in [1.29, 1.82) is 0 Å². The Balaban J connectivity index is 1.61. The van der Waals surface area contributed by atoms with E-state index in [0.717, 1.165) is 5.56 Å². The zero-order valence-corrected chi connectivity index (χ0v) is 18.8. The van der Waals surface area contributed by atoms with Crippen molar-refractivity contribution in [2.45, 2.75) is 39.0 Å². The summed E-state index contributed by atoms with van der Waals surface area (Å²) >= 11 is 6.14. The van der Waals surface area contributed by atoms with E-state index in [1.807, 2.05) is 24.3 Å². The van der Waals surface area contributed by atoms with Crippen LogP contribution in [-0.2, 0) is 16.1 Å². The van der Waals surface area contributed by atoms with E-state index in [1.165, 1.54) is 6.07 Å². The molecule has 0 aliphatic carbocycles. The third-order valence-electron chi connectivity index (χ3n) is 4.91. The van der Waals surface area contributed by atoms with Crippen LogP contribution in [0.4, 0.5) is 4.39 Å². The zero-order chi connectivity index (χ0) is 22.2. The zero-order valence-electron chi connectivity index (χ0n) is 18.0. The van der Waals surface area contributed by atoms with E-state index in [2.05, 4.69) is 23.9 Å². The highest BCUT2D eigenvalue weighted by molar-refractivity contribution is 6.30. The molecule has 1 N–H and O–H groups in total. The number of aliphatic hydroxyl groups is 1. The molecule has 0 spiro atoms. The molecular formula is C24H30ClFN2O3. The van der Waals surface area contributed by atoms with Crippen LogP contribution in [0, 0.1) is 11.7 Å². The summed E-state index contributed by atoms with van der Waals surface area (Å²) in [5, 5.41) is 15.3. The van der Waals surface area contributed by atoms with Crippen molar-refractivity contribution in [3.8, 4) is 0 Å². The lowest BCUT2D eigenvalue weighted by Crippen LogP contribution is -2.39. The lowest BCUT2D eigenvalue weighted by atomic mass is 10.0. The molecule has 1 aliphatic rings. The Morgan fingerprint density at radius 1 is 1.23 bits per heavy atom. The summed E-state index contributed by atoms with van der Waals surface area (Å²) in [6.45, 7) is 6.57. The summed E-state index contributed by atoms with van der Waals surface area (Å²) in [7, 11) is 0. The van der Waals surface area contributed by atoms with Gasteiger partial charge in [0.15, 0.2) is 0 Å². The van der Waals surface area contributed by atoms with Crippen LogP contribution in [0.15, 0.2) is 53.7 Å². The van der Waals surface area contributed by atoms with Crippen LogP contribution in [0.3, 0.4) is 0 Å². The van der Waals surface area contributed by atoms with E-state index < -0.39 is 6.10 Å². The van der Waals surface area contributed by atoms with Crippen molar-refractivity contribution in [3.63, 3.8) is 0 Å². The lowest BCUT2D eigenvalue weighted by molar-refractivity contribution is -0.00734. The second-order valence-electron chi connectivity index (χ2n) is 8.36. The van der Waals surface area contributed by atoms with E-state index in [4.69, 9.17) is 21.2 Å². The smallest absolute Gasteiger partial charge is 0.145 e. The second kappa shape index (κ2) is 11.6. The first kappa shape index (κ1) is 23.7. The Kier molecular flexibility index (Phi) is 8.84. The van der Waals surface area contributed by atoms with E-state index in [0.29, 0.717) is 54.9 Å². The number of oxime groups is 1. The molecule has 0 radical (unpaired) electrons. The molecule has 31 heavy (non-hydrogen) atoms. The minimum atomic E-state index is -0.633. The molecule has 1 heterocycles. The maximum atomic E-state index is 14.1. The number of aliphatic hydroxyl groups excluding tert-OH is 1. The summed E-state index contributed by atoms with van der Waals surface area (Å²) < 4.78 is 19.7. The van der Waals surface area contributed by atoms with Gasteiger partial charge in [-0.1, -0.05) is 60.9 Å². The van der Waals surface area contributed by atoms with Crippen molar-refractivity contribution in [2.24, 2.45) is 11.1 Å². The van der Waals surface area contributed by atoms with Crippen molar-refractivity contribution in [2.75, 3.05) is 26.3 Å².